The molecule has 2 rings (SSSR count). The van der Waals surface area contributed by atoms with Gasteiger partial charge in [-0.05, 0) is 86.7 Å². The van der Waals surface area contributed by atoms with E-state index in [4.69, 9.17) is 0 Å². The minimum Gasteiger partial charge on any atom is -0.316 e. The van der Waals surface area contributed by atoms with Crippen molar-refractivity contribution in [3.8, 4) is 11.1 Å². The first kappa shape index (κ1) is 14.7. The third kappa shape index (κ3) is 2.48. The van der Waals surface area contributed by atoms with Crippen molar-refractivity contribution in [2.75, 3.05) is 7.05 Å². The topological polar surface area (TPSA) is 24.9 Å². The maximum atomic E-state index is 4.40. The molecular weight excluding hydrogens is 244 g/mol. The van der Waals surface area contributed by atoms with Crippen LogP contribution in [0.3, 0.4) is 0 Å². The molecule has 0 aliphatic rings. The fourth-order valence-electron chi connectivity index (χ4n) is 2.86. The van der Waals surface area contributed by atoms with Crippen molar-refractivity contribution in [1.82, 2.24) is 10.3 Å². The molecule has 1 aromatic carbocycles. The van der Waals surface area contributed by atoms with Gasteiger partial charge >= 0.3 is 0 Å². The van der Waals surface area contributed by atoms with Crippen molar-refractivity contribution in [2.24, 2.45) is 0 Å². The highest BCUT2D eigenvalue weighted by Gasteiger charge is 2.14. The van der Waals surface area contributed by atoms with Gasteiger partial charge < -0.3 is 5.32 Å². The molecule has 0 saturated heterocycles. The first-order valence-corrected chi connectivity index (χ1v) is 7.13. The van der Waals surface area contributed by atoms with E-state index in [1.54, 1.807) is 0 Å². The van der Waals surface area contributed by atoms with Crippen LogP contribution in [0.25, 0.3) is 11.1 Å². The van der Waals surface area contributed by atoms with Gasteiger partial charge in [0.2, 0.25) is 0 Å². The Morgan fingerprint density at radius 3 is 1.95 bits per heavy atom. The highest BCUT2D eigenvalue weighted by Crippen LogP contribution is 2.33. The van der Waals surface area contributed by atoms with Gasteiger partial charge in [-0.2, -0.15) is 0 Å². The van der Waals surface area contributed by atoms with Crippen LogP contribution in [-0.4, -0.2) is 12.0 Å². The molecule has 106 valence electrons. The lowest BCUT2D eigenvalue weighted by Gasteiger charge is -2.19. The number of hydrogen-bond acceptors (Lipinski definition) is 2. The van der Waals surface area contributed by atoms with E-state index in [9.17, 15) is 0 Å². The molecule has 0 saturated carbocycles. The highest BCUT2D eigenvalue weighted by molar-refractivity contribution is 5.74. The Labute approximate surface area is 122 Å². The van der Waals surface area contributed by atoms with Crippen LogP contribution >= 0.6 is 0 Å². The summed E-state index contributed by atoms with van der Waals surface area (Å²) >= 11 is 0. The van der Waals surface area contributed by atoms with Crippen molar-refractivity contribution in [3.63, 3.8) is 0 Å². The Bertz CT molecular complexity index is 613. The van der Waals surface area contributed by atoms with Gasteiger partial charge in [0.1, 0.15) is 0 Å². The van der Waals surface area contributed by atoms with E-state index in [2.05, 4.69) is 51.0 Å². The van der Waals surface area contributed by atoms with Crippen LogP contribution in [0.1, 0.15) is 33.4 Å². The van der Waals surface area contributed by atoms with E-state index in [1.807, 2.05) is 19.4 Å². The summed E-state index contributed by atoms with van der Waals surface area (Å²) in [6.07, 6.45) is 3.90. The minimum absolute atomic E-state index is 0.850. The monoisotopic (exact) mass is 268 g/mol. The van der Waals surface area contributed by atoms with E-state index in [0.717, 1.165) is 6.54 Å². The standard InChI is InChI=1S/C18H24N2/c1-11-12(2)14(4)18(15(5)13(11)3)17-7-16(8-19-6)9-20-10-17/h7,9-10,19H,8H2,1-6H3. The van der Waals surface area contributed by atoms with Crippen molar-refractivity contribution >= 4 is 0 Å². The number of nitrogens with zero attached hydrogens (tertiary/aromatic N) is 1. The molecule has 0 aliphatic heterocycles. The molecule has 2 nitrogen and oxygen atoms in total. The van der Waals surface area contributed by atoms with Crippen LogP contribution < -0.4 is 5.32 Å². The fraction of sp³-hybridized carbons (Fsp3) is 0.389. The van der Waals surface area contributed by atoms with Crippen LogP contribution in [0.15, 0.2) is 18.5 Å². The summed E-state index contributed by atoms with van der Waals surface area (Å²) in [7, 11) is 1.96. The maximum Gasteiger partial charge on any atom is 0.0346 e. The smallest absolute Gasteiger partial charge is 0.0346 e. The predicted octanol–water partition coefficient (Wildman–Crippen LogP) is 4.01. The number of nitrogens with one attached hydrogen (secondary N) is 1. The number of rotatable bonds is 3. The summed E-state index contributed by atoms with van der Waals surface area (Å²) in [4.78, 5) is 4.40. The van der Waals surface area contributed by atoms with Crippen LogP contribution in [0.5, 0.6) is 0 Å². The second-order valence-electron chi connectivity index (χ2n) is 5.61. The molecule has 1 aromatic heterocycles. The van der Waals surface area contributed by atoms with E-state index >= 15 is 0 Å². The number of benzene rings is 1. The molecule has 2 aromatic rings. The van der Waals surface area contributed by atoms with Crippen molar-refractivity contribution < 1.29 is 0 Å². The predicted molar refractivity (Wildman–Crippen MR) is 86.1 cm³/mol. The molecule has 0 radical (unpaired) electrons. The van der Waals surface area contributed by atoms with E-state index in [1.165, 1.54) is 44.5 Å². The summed E-state index contributed by atoms with van der Waals surface area (Å²) in [6, 6.07) is 2.24. The lowest BCUT2D eigenvalue weighted by molar-refractivity contribution is 0.813. The number of hydrogen-bond donors (Lipinski definition) is 1. The van der Waals surface area contributed by atoms with E-state index < -0.39 is 0 Å². The fourth-order valence-corrected chi connectivity index (χ4v) is 2.86. The first-order valence-electron chi connectivity index (χ1n) is 7.13. The minimum atomic E-state index is 0.850. The Morgan fingerprint density at radius 1 is 0.850 bits per heavy atom. The Hall–Kier alpha value is -1.67. The zero-order valence-corrected chi connectivity index (χ0v) is 13.4. The highest BCUT2D eigenvalue weighted by atomic mass is 14.8. The summed E-state index contributed by atoms with van der Waals surface area (Å²) in [5.74, 6) is 0. The first-order chi connectivity index (χ1) is 9.47. The van der Waals surface area contributed by atoms with E-state index in [0.29, 0.717) is 0 Å². The molecule has 1 N–H and O–H groups in total. The van der Waals surface area contributed by atoms with Crippen LogP contribution in [0, 0.1) is 34.6 Å². The second kappa shape index (κ2) is 5.76. The zero-order chi connectivity index (χ0) is 14.9. The van der Waals surface area contributed by atoms with Gasteiger partial charge in [-0.1, -0.05) is 0 Å². The van der Waals surface area contributed by atoms with Crippen molar-refractivity contribution in [2.45, 2.75) is 41.2 Å². The van der Waals surface area contributed by atoms with Gasteiger partial charge in [-0.3, -0.25) is 4.98 Å². The summed E-state index contributed by atoms with van der Waals surface area (Å²) < 4.78 is 0. The lowest BCUT2D eigenvalue weighted by Crippen LogP contribution is -2.06. The quantitative estimate of drug-likeness (QED) is 0.909. The Morgan fingerprint density at radius 2 is 1.40 bits per heavy atom. The maximum absolute atomic E-state index is 4.40. The van der Waals surface area contributed by atoms with Crippen LogP contribution in [0.4, 0.5) is 0 Å². The molecule has 2 heteroatoms. The molecule has 0 atom stereocenters. The molecule has 0 amide bonds. The molecule has 1 heterocycles. The van der Waals surface area contributed by atoms with Gasteiger partial charge in [0.15, 0.2) is 0 Å². The second-order valence-corrected chi connectivity index (χ2v) is 5.61. The molecule has 20 heavy (non-hydrogen) atoms. The SMILES string of the molecule is CNCc1cncc(-c2c(C)c(C)c(C)c(C)c2C)c1. The van der Waals surface area contributed by atoms with Gasteiger partial charge in [0.25, 0.3) is 0 Å². The molecule has 0 aliphatic carbocycles. The average Bonchev–Trinajstić information content (AvgIpc) is 2.44. The Kier molecular flexibility index (Phi) is 4.24. The van der Waals surface area contributed by atoms with Gasteiger partial charge in [0, 0.05) is 24.5 Å². The summed E-state index contributed by atoms with van der Waals surface area (Å²) in [5, 5.41) is 3.18. The summed E-state index contributed by atoms with van der Waals surface area (Å²) in [5.41, 5.74) is 10.7. The third-order valence-corrected chi connectivity index (χ3v) is 4.46. The Balaban J connectivity index is 2.67. The molecule has 0 unspecified atom stereocenters. The van der Waals surface area contributed by atoms with Gasteiger partial charge in [0.05, 0.1) is 0 Å². The van der Waals surface area contributed by atoms with Crippen LogP contribution in [0.2, 0.25) is 0 Å². The van der Waals surface area contributed by atoms with Crippen molar-refractivity contribution in [1.29, 1.82) is 0 Å². The van der Waals surface area contributed by atoms with Gasteiger partial charge in [-0.15, -0.1) is 0 Å². The number of aromatic nitrogens is 1. The molecular formula is C18H24N2. The number of pyridine rings is 1. The van der Waals surface area contributed by atoms with Crippen molar-refractivity contribution in [3.05, 3.63) is 51.8 Å². The summed E-state index contributed by atoms with van der Waals surface area (Å²) in [6.45, 7) is 11.9. The largest absolute Gasteiger partial charge is 0.316 e. The third-order valence-electron chi connectivity index (χ3n) is 4.46. The zero-order valence-electron chi connectivity index (χ0n) is 13.4. The lowest BCUT2D eigenvalue weighted by atomic mass is 9.86. The molecule has 0 spiro atoms. The van der Waals surface area contributed by atoms with E-state index in [-0.39, 0.29) is 0 Å². The van der Waals surface area contributed by atoms with Gasteiger partial charge in [-0.25, -0.2) is 0 Å². The normalized spacial score (nSPS) is 10.9. The van der Waals surface area contributed by atoms with Crippen LogP contribution in [-0.2, 0) is 6.54 Å². The molecule has 0 fully saturated rings. The average molecular weight is 268 g/mol. The molecule has 0 bridgehead atoms.